The third-order valence-corrected chi connectivity index (χ3v) is 4.34. The van der Waals surface area contributed by atoms with Gasteiger partial charge in [0.15, 0.2) is 0 Å². The van der Waals surface area contributed by atoms with Gasteiger partial charge in [-0.25, -0.2) is 0 Å². The van der Waals surface area contributed by atoms with Crippen molar-refractivity contribution in [3.8, 4) is 5.75 Å². The number of nitrogens with zero attached hydrogens (tertiary/aromatic N) is 1. The van der Waals surface area contributed by atoms with Gasteiger partial charge in [0, 0.05) is 18.7 Å². The van der Waals surface area contributed by atoms with E-state index >= 15 is 0 Å². The van der Waals surface area contributed by atoms with Crippen molar-refractivity contribution >= 4 is 16.7 Å². The van der Waals surface area contributed by atoms with Gasteiger partial charge in [0.05, 0.1) is 5.92 Å². The van der Waals surface area contributed by atoms with Crippen molar-refractivity contribution in [3.63, 3.8) is 0 Å². The van der Waals surface area contributed by atoms with Crippen LogP contribution in [0.2, 0.25) is 0 Å². The molecule has 1 saturated heterocycles. The summed E-state index contributed by atoms with van der Waals surface area (Å²) in [5.41, 5.74) is 0.452. The second kappa shape index (κ2) is 5.76. The number of phenols is 1. The Hall–Kier alpha value is -2.24. The number of carbonyl (C=O) groups is 1. The Labute approximate surface area is 131 Å². The van der Waals surface area contributed by atoms with Gasteiger partial charge in [0.1, 0.15) is 5.75 Å². The summed E-state index contributed by atoms with van der Waals surface area (Å²) in [5, 5.41) is 10.9. The van der Waals surface area contributed by atoms with Crippen LogP contribution in [0, 0.1) is 5.92 Å². The number of carbonyl (C=O) groups excluding carboxylic acids is 1. The van der Waals surface area contributed by atoms with E-state index in [0.717, 1.165) is 5.39 Å². The predicted molar refractivity (Wildman–Crippen MR) is 80.3 cm³/mol. The van der Waals surface area contributed by atoms with Crippen molar-refractivity contribution in [2.75, 3.05) is 13.1 Å². The van der Waals surface area contributed by atoms with Crippen molar-refractivity contribution in [1.29, 1.82) is 0 Å². The molecule has 0 spiro atoms. The molecule has 0 atom stereocenters. The lowest BCUT2D eigenvalue weighted by Gasteiger charge is -2.33. The number of aromatic hydroxyl groups is 1. The maximum Gasteiger partial charge on any atom is 0.391 e. The van der Waals surface area contributed by atoms with Gasteiger partial charge < -0.3 is 10.0 Å². The number of halogens is 3. The van der Waals surface area contributed by atoms with Gasteiger partial charge in [-0.3, -0.25) is 4.79 Å². The molecule has 0 saturated carbocycles. The molecule has 1 amide bonds. The van der Waals surface area contributed by atoms with E-state index in [-0.39, 0.29) is 37.6 Å². The van der Waals surface area contributed by atoms with Crippen LogP contribution < -0.4 is 0 Å². The Morgan fingerprint density at radius 3 is 2.48 bits per heavy atom. The van der Waals surface area contributed by atoms with E-state index in [1.807, 2.05) is 0 Å². The third-order valence-electron chi connectivity index (χ3n) is 4.34. The first-order chi connectivity index (χ1) is 10.9. The number of hydrogen-bond acceptors (Lipinski definition) is 2. The van der Waals surface area contributed by atoms with Crippen LogP contribution in [0.3, 0.4) is 0 Å². The number of hydrogen-bond donors (Lipinski definition) is 1. The Kier molecular flexibility index (Phi) is 3.92. The lowest BCUT2D eigenvalue weighted by molar-refractivity contribution is -0.183. The normalized spacial score (nSPS) is 16.7. The van der Waals surface area contributed by atoms with Crippen molar-refractivity contribution in [3.05, 3.63) is 42.0 Å². The highest BCUT2D eigenvalue weighted by Gasteiger charge is 2.41. The maximum absolute atomic E-state index is 12.7. The molecule has 0 radical (unpaired) electrons. The number of rotatable bonds is 1. The van der Waals surface area contributed by atoms with Crippen LogP contribution >= 0.6 is 0 Å². The summed E-state index contributed by atoms with van der Waals surface area (Å²) >= 11 is 0. The maximum atomic E-state index is 12.7. The molecule has 2 aromatic carbocycles. The zero-order valence-corrected chi connectivity index (χ0v) is 12.3. The second-order valence-electron chi connectivity index (χ2n) is 5.82. The number of benzene rings is 2. The fourth-order valence-electron chi connectivity index (χ4n) is 3.04. The minimum absolute atomic E-state index is 0.0548. The first kappa shape index (κ1) is 15.6. The zero-order chi connectivity index (χ0) is 16.6. The lowest BCUT2D eigenvalue weighted by atomic mass is 9.95. The van der Waals surface area contributed by atoms with Crippen LogP contribution in [0.5, 0.6) is 5.75 Å². The van der Waals surface area contributed by atoms with Gasteiger partial charge in [-0.1, -0.05) is 12.1 Å². The third kappa shape index (κ3) is 3.11. The molecule has 0 aliphatic carbocycles. The monoisotopic (exact) mass is 323 g/mol. The molecule has 1 fully saturated rings. The van der Waals surface area contributed by atoms with Gasteiger partial charge in [0.25, 0.3) is 5.91 Å². The van der Waals surface area contributed by atoms with E-state index in [2.05, 4.69) is 0 Å². The topological polar surface area (TPSA) is 40.5 Å². The van der Waals surface area contributed by atoms with Crippen molar-refractivity contribution in [1.82, 2.24) is 4.90 Å². The molecule has 3 nitrogen and oxygen atoms in total. The van der Waals surface area contributed by atoms with Crippen molar-refractivity contribution < 1.29 is 23.1 Å². The first-order valence-electron chi connectivity index (χ1n) is 7.44. The summed E-state index contributed by atoms with van der Waals surface area (Å²) in [6, 6.07) is 9.86. The SMILES string of the molecule is O=C(c1cccc2cc(O)ccc12)N1CCC(C(F)(F)F)CC1. The average molecular weight is 323 g/mol. The summed E-state index contributed by atoms with van der Waals surface area (Å²) in [7, 11) is 0. The minimum atomic E-state index is -4.19. The second-order valence-corrected chi connectivity index (χ2v) is 5.82. The van der Waals surface area contributed by atoms with Gasteiger partial charge in [-0.05, 0) is 47.9 Å². The largest absolute Gasteiger partial charge is 0.508 e. The molecule has 0 unspecified atom stereocenters. The molecule has 6 heteroatoms. The molecule has 0 bridgehead atoms. The molecule has 23 heavy (non-hydrogen) atoms. The Balaban J connectivity index is 1.82. The zero-order valence-electron chi connectivity index (χ0n) is 12.3. The summed E-state index contributed by atoms with van der Waals surface area (Å²) in [5.74, 6) is -1.48. The Morgan fingerprint density at radius 2 is 1.83 bits per heavy atom. The smallest absolute Gasteiger partial charge is 0.391 e. The number of piperidine rings is 1. The van der Waals surface area contributed by atoms with Crippen LogP contribution in [0.4, 0.5) is 13.2 Å². The lowest BCUT2D eigenvalue weighted by Crippen LogP contribution is -2.42. The first-order valence-corrected chi connectivity index (χ1v) is 7.44. The Morgan fingerprint density at radius 1 is 1.13 bits per heavy atom. The van der Waals surface area contributed by atoms with E-state index in [4.69, 9.17) is 0 Å². The van der Waals surface area contributed by atoms with E-state index in [1.165, 1.54) is 11.0 Å². The summed E-state index contributed by atoms with van der Waals surface area (Å²) in [6.45, 7) is 0.217. The van der Waals surface area contributed by atoms with Crippen LogP contribution in [-0.2, 0) is 0 Å². The summed E-state index contributed by atoms with van der Waals surface area (Å²) in [6.07, 6.45) is -4.30. The fourth-order valence-corrected chi connectivity index (χ4v) is 3.04. The summed E-state index contributed by atoms with van der Waals surface area (Å²) < 4.78 is 38.1. The van der Waals surface area contributed by atoms with Crippen LogP contribution in [-0.4, -0.2) is 35.2 Å². The highest BCUT2D eigenvalue weighted by atomic mass is 19.4. The van der Waals surface area contributed by atoms with Crippen LogP contribution in [0.15, 0.2) is 36.4 Å². The number of amides is 1. The standard InChI is InChI=1S/C17H16F3NO2/c18-17(19,20)12-6-8-21(9-7-12)16(23)15-3-1-2-11-10-13(22)4-5-14(11)15/h1-5,10,12,22H,6-9H2. The van der Waals surface area contributed by atoms with E-state index in [1.54, 1.807) is 30.3 Å². The van der Waals surface area contributed by atoms with Crippen molar-refractivity contribution in [2.45, 2.75) is 19.0 Å². The minimum Gasteiger partial charge on any atom is -0.508 e. The van der Waals surface area contributed by atoms with E-state index in [9.17, 15) is 23.1 Å². The molecule has 1 aliphatic rings. The summed E-state index contributed by atoms with van der Waals surface area (Å²) in [4.78, 5) is 14.1. The molecule has 2 aromatic rings. The van der Waals surface area contributed by atoms with Crippen molar-refractivity contribution in [2.24, 2.45) is 5.92 Å². The van der Waals surface area contributed by atoms with Gasteiger partial charge in [-0.2, -0.15) is 13.2 Å². The quantitative estimate of drug-likeness (QED) is 0.863. The molecular formula is C17H16F3NO2. The number of alkyl halides is 3. The predicted octanol–water partition coefficient (Wildman–Crippen LogP) is 3.96. The molecule has 1 aliphatic heterocycles. The van der Waals surface area contributed by atoms with Crippen LogP contribution in [0.25, 0.3) is 10.8 Å². The highest BCUT2D eigenvalue weighted by Crippen LogP contribution is 2.34. The van der Waals surface area contributed by atoms with Gasteiger partial charge >= 0.3 is 6.18 Å². The number of likely N-dealkylation sites (tertiary alicyclic amines) is 1. The Bertz CT molecular complexity index is 734. The fraction of sp³-hybridized carbons (Fsp3) is 0.353. The number of fused-ring (bicyclic) bond motifs is 1. The van der Waals surface area contributed by atoms with E-state index in [0.29, 0.717) is 10.9 Å². The van der Waals surface area contributed by atoms with Crippen LogP contribution in [0.1, 0.15) is 23.2 Å². The average Bonchev–Trinajstić information content (AvgIpc) is 2.52. The molecule has 1 heterocycles. The molecule has 0 aromatic heterocycles. The van der Waals surface area contributed by atoms with Gasteiger partial charge in [-0.15, -0.1) is 0 Å². The molecule has 3 rings (SSSR count). The van der Waals surface area contributed by atoms with Gasteiger partial charge in [0.2, 0.25) is 0 Å². The molecule has 122 valence electrons. The van der Waals surface area contributed by atoms with E-state index < -0.39 is 12.1 Å². The molecule has 1 N–H and O–H groups in total. The highest BCUT2D eigenvalue weighted by molar-refractivity contribution is 6.07. The molecular weight excluding hydrogens is 307 g/mol. The number of phenolic OH excluding ortho intramolecular Hbond substituents is 1.